The van der Waals surface area contributed by atoms with E-state index < -0.39 is 17.7 Å². The molecular weight excluding hydrogens is 446 g/mol. The Morgan fingerprint density at radius 1 is 1.03 bits per heavy atom. The number of thiophene rings is 2. The molecule has 9 heteroatoms. The summed E-state index contributed by atoms with van der Waals surface area (Å²) in [5.41, 5.74) is -0.735. The van der Waals surface area contributed by atoms with Crippen molar-refractivity contribution in [1.29, 1.82) is 0 Å². The van der Waals surface area contributed by atoms with E-state index in [-0.39, 0.29) is 11.8 Å². The van der Waals surface area contributed by atoms with Crippen molar-refractivity contribution in [3.63, 3.8) is 0 Å². The van der Waals surface area contributed by atoms with E-state index in [9.17, 15) is 19.5 Å². The van der Waals surface area contributed by atoms with E-state index in [0.29, 0.717) is 38.9 Å². The highest BCUT2D eigenvalue weighted by Gasteiger charge is 2.39. The van der Waals surface area contributed by atoms with Gasteiger partial charge in [-0.05, 0) is 62.9 Å². The molecule has 7 nitrogen and oxygen atoms in total. The lowest BCUT2D eigenvalue weighted by Crippen LogP contribution is -2.57. The maximum Gasteiger partial charge on any atom is 0.408 e. The molecule has 0 radical (unpaired) electrons. The number of hydrogen-bond acceptors (Lipinski definition) is 5. The molecule has 0 aliphatic carbocycles. The van der Waals surface area contributed by atoms with Crippen molar-refractivity contribution in [2.24, 2.45) is 0 Å². The first-order chi connectivity index (χ1) is 15.1. The van der Waals surface area contributed by atoms with Crippen LogP contribution in [0.15, 0.2) is 35.0 Å². The van der Waals surface area contributed by atoms with Crippen LogP contribution in [0.2, 0.25) is 0 Å². The molecule has 2 aromatic heterocycles. The summed E-state index contributed by atoms with van der Waals surface area (Å²) in [6.45, 7) is 8.27. The molecule has 2 rings (SSSR count). The molecule has 2 N–H and O–H groups in total. The lowest BCUT2D eigenvalue weighted by atomic mass is 9.98. The largest absolute Gasteiger partial charge is 0.465 e. The van der Waals surface area contributed by atoms with Gasteiger partial charge in [0.2, 0.25) is 11.8 Å². The normalized spacial score (nSPS) is 12.2. The van der Waals surface area contributed by atoms with Gasteiger partial charge in [-0.3, -0.25) is 14.5 Å². The summed E-state index contributed by atoms with van der Waals surface area (Å²) in [4.78, 5) is 42.3. The van der Waals surface area contributed by atoms with E-state index in [2.05, 4.69) is 5.32 Å². The van der Waals surface area contributed by atoms with Gasteiger partial charge >= 0.3 is 6.09 Å². The second-order valence-corrected chi connectivity index (χ2v) is 10.7. The molecule has 0 saturated heterocycles. The number of hydrogen-bond donors (Lipinski definition) is 2. The molecule has 2 aromatic rings. The molecule has 0 aliphatic heterocycles. The number of carboxylic acid groups (broad SMARTS) is 1. The third kappa shape index (κ3) is 7.94. The first-order valence-corrected chi connectivity index (χ1v) is 12.5. The molecule has 0 unspecified atom stereocenters. The van der Waals surface area contributed by atoms with Crippen LogP contribution in [0.4, 0.5) is 4.79 Å². The fraction of sp³-hybridized carbons (Fsp3) is 0.522. The number of nitrogens with zero attached hydrogens (tertiary/aromatic N) is 2. The molecule has 32 heavy (non-hydrogen) atoms. The maximum atomic E-state index is 13.8. The van der Waals surface area contributed by atoms with Gasteiger partial charge in [-0.1, -0.05) is 12.1 Å². The summed E-state index contributed by atoms with van der Waals surface area (Å²) >= 11 is 3.16. The zero-order chi connectivity index (χ0) is 23.7. The Bertz CT molecular complexity index is 824. The van der Waals surface area contributed by atoms with Crippen LogP contribution in [0.5, 0.6) is 0 Å². The van der Waals surface area contributed by atoms with Gasteiger partial charge in [0.05, 0.1) is 13.1 Å². The predicted octanol–water partition coefficient (Wildman–Crippen LogP) is 4.79. The van der Waals surface area contributed by atoms with Crippen molar-refractivity contribution in [3.8, 4) is 0 Å². The molecule has 2 heterocycles. The molecule has 0 spiro atoms. The zero-order valence-corrected chi connectivity index (χ0v) is 20.8. The minimum absolute atomic E-state index is 0.0995. The molecule has 3 amide bonds. The minimum atomic E-state index is -1.11. The Labute approximate surface area is 198 Å². The Hall–Kier alpha value is -2.39. The summed E-state index contributed by atoms with van der Waals surface area (Å²) in [6, 6.07) is 7.07. The van der Waals surface area contributed by atoms with E-state index >= 15 is 0 Å². The summed E-state index contributed by atoms with van der Waals surface area (Å²) < 4.78 is 0. The first kappa shape index (κ1) is 25.9. The topological polar surface area (TPSA) is 90.0 Å². The average Bonchev–Trinajstić information content (AvgIpc) is 3.38. The van der Waals surface area contributed by atoms with Crippen LogP contribution in [0.1, 0.15) is 56.7 Å². The van der Waals surface area contributed by atoms with Crippen LogP contribution in [-0.4, -0.2) is 50.9 Å². The number of nitrogens with one attached hydrogen (secondary N) is 1. The highest BCUT2D eigenvalue weighted by Crippen LogP contribution is 2.25. The highest BCUT2D eigenvalue weighted by atomic mass is 32.1. The summed E-state index contributed by atoms with van der Waals surface area (Å²) in [5, 5.41) is 16.7. The van der Waals surface area contributed by atoms with Crippen LogP contribution in [-0.2, 0) is 22.7 Å². The van der Waals surface area contributed by atoms with Gasteiger partial charge in [0.25, 0.3) is 0 Å². The van der Waals surface area contributed by atoms with Crippen LogP contribution < -0.4 is 5.32 Å². The third-order valence-electron chi connectivity index (χ3n) is 4.97. The summed E-state index contributed by atoms with van der Waals surface area (Å²) in [5.74, 6) is -0.291. The fourth-order valence-corrected chi connectivity index (χ4v) is 5.02. The minimum Gasteiger partial charge on any atom is -0.465 e. The molecular formula is C23H33N3O4S2. The van der Waals surface area contributed by atoms with Crippen molar-refractivity contribution in [1.82, 2.24) is 15.1 Å². The van der Waals surface area contributed by atoms with Gasteiger partial charge in [0.15, 0.2) is 0 Å². The van der Waals surface area contributed by atoms with Gasteiger partial charge in [0.1, 0.15) is 6.04 Å². The quantitative estimate of drug-likeness (QED) is 0.453. The SMILES string of the molecule is CC(=O)NCCCC[C@@H](C(=O)N(Cc1cccs1)Cc1cccs1)N(C(=O)O)C(C)(C)C. The monoisotopic (exact) mass is 479 g/mol. The highest BCUT2D eigenvalue weighted by molar-refractivity contribution is 7.10. The number of amides is 3. The Balaban J connectivity index is 2.27. The number of unbranched alkanes of at least 4 members (excludes halogenated alkanes) is 1. The summed E-state index contributed by atoms with van der Waals surface area (Å²) in [7, 11) is 0. The average molecular weight is 480 g/mol. The van der Waals surface area contributed by atoms with Crippen LogP contribution >= 0.6 is 22.7 Å². The van der Waals surface area contributed by atoms with Gasteiger partial charge in [0, 0.05) is 28.8 Å². The molecule has 0 saturated carbocycles. The zero-order valence-electron chi connectivity index (χ0n) is 19.2. The number of carbonyl (C=O) groups excluding carboxylic acids is 2. The molecule has 1 atom stereocenters. The van der Waals surface area contributed by atoms with Gasteiger partial charge in [-0.25, -0.2) is 4.79 Å². The molecule has 0 fully saturated rings. The third-order valence-corrected chi connectivity index (χ3v) is 6.69. The van der Waals surface area contributed by atoms with Gasteiger partial charge in [-0.2, -0.15) is 0 Å². The van der Waals surface area contributed by atoms with Gasteiger partial charge < -0.3 is 15.3 Å². The lowest BCUT2D eigenvalue weighted by Gasteiger charge is -2.40. The Kier molecular flexibility index (Phi) is 9.71. The molecule has 0 bridgehead atoms. The van der Waals surface area contributed by atoms with E-state index in [1.165, 1.54) is 11.8 Å². The van der Waals surface area contributed by atoms with Crippen molar-refractivity contribution < 1.29 is 19.5 Å². The molecule has 0 aromatic carbocycles. The smallest absolute Gasteiger partial charge is 0.408 e. The van der Waals surface area contributed by atoms with E-state index in [0.717, 1.165) is 9.75 Å². The fourth-order valence-electron chi connectivity index (χ4n) is 3.58. The number of carbonyl (C=O) groups is 3. The van der Waals surface area contributed by atoms with Crippen molar-refractivity contribution in [2.75, 3.05) is 6.54 Å². The van der Waals surface area contributed by atoms with Crippen LogP contribution in [0.25, 0.3) is 0 Å². The van der Waals surface area contributed by atoms with E-state index in [1.54, 1.807) is 27.6 Å². The summed E-state index contributed by atoms with van der Waals surface area (Å²) in [6.07, 6.45) is 0.594. The Morgan fingerprint density at radius 2 is 1.59 bits per heavy atom. The second-order valence-electron chi connectivity index (χ2n) is 8.67. The second kappa shape index (κ2) is 12.0. The molecule has 176 valence electrons. The van der Waals surface area contributed by atoms with Crippen LogP contribution in [0, 0.1) is 0 Å². The predicted molar refractivity (Wildman–Crippen MR) is 129 cm³/mol. The van der Waals surface area contributed by atoms with E-state index in [4.69, 9.17) is 0 Å². The Morgan fingerprint density at radius 3 is 2.00 bits per heavy atom. The lowest BCUT2D eigenvalue weighted by molar-refractivity contribution is -0.139. The standard InChI is InChI=1S/C23H33N3O4S2/c1-17(27)24-12-6-5-11-20(26(22(29)30)23(2,3)4)21(28)25(15-18-9-7-13-31-18)16-19-10-8-14-32-19/h7-10,13-14,20H,5-6,11-12,15-16H2,1-4H3,(H,24,27)(H,29,30)/t20-/m0/s1. The molecule has 0 aliphatic rings. The van der Waals surface area contributed by atoms with Crippen molar-refractivity contribution >= 4 is 40.6 Å². The first-order valence-electron chi connectivity index (χ1n) is 10.7. The number of rotatable bonds is 11. The van der Waals surface area contributed by atoms with Crippen LogP contribution in [0.3, 0.4) is 0 Å². The van der Waals surface area contributed by atoms with Crippen molar-refractivity contribution in [3.05, 3.63) is 44.8 Å². The maximum absolute atomic E-state index is 13.8. The van der Waals surface area contributed by atoms with Crippen molar-refractivity contribution in [2.45, 2.75) is 71.6 Å². The van der Waals surface area contributed by atoms with E-state index in [1.807, 2.05) is 55.8 Å². The van der Waals surface area contributed by atoms with Gasteiger partial charge in [-0.15, -0.1) is 22.7 Å².